The van der Waals surface area contributed by atoms with Crippen LogP contribution in [0, 0.1) is 0 Å². The average molecular weight is 520 g/mol. The highest BCUT2D eigenvalue weighted by Crippen LogP contribution is 2.17. The number of hydrogen-bond donors (Lipinski definition) is 6. The molecule has 0 bridgehead atoms. The second kappa shape index (κ2) is 15.4. The highest BCUT2D eigenvalue weighted by atomic mass is 35.5. The second-order valence-electron chi connectivity index (χ2n) is 7.90. The molecular weight excluding hydrogens is 486 g/mol. The van der Waals surface area contributed by atoms with E-state index in [1.807, 2.05) is 31.3 Å². The third-order valence-corrected chi connectivity index (χ3v) is 5.26. The summed E-state index contributed by atoms with van der Waals surface area (Å²) in [5.41, 5.74) is 17.9. The number of hydrogen-bond acceptors (Lipinski definition) is 9. The number of nitrogens with two attached hydrogens (primary N) is 3. The number of halogens is 1. The molecule has 2 aromatic rings. The monoisotopic (exact) mass is 519 g/mol. The third-order valence-electron chi connectivity index (χ3n) is 4.99. The fraction of sp³-hybridized carbons (Fsp3) is 0.435. The van der Waals surface area contributed by atoms with Crippen LogP contribution in [-0.2, 0) is 11.2 Å². The molecule has 196 valence electrons. The molecule has 0 aliphatic carbocycles. The summed E-state index contributed by atoms with van der Waals surface area (Å²) < 4.78 is 5.53. The van der Waals surface area contributed by atoms with E-state index in [4.69, 9.17) is 33.5 Å². The van der Waals surface area contributed by atoms with Crippen molar-refractivity contribution in [2.24, 2.45) is 10.7 Å². The Morgan fingerprint density at radius 3 is 2.47 bits per heavy atom. The Balaban J connectivity index is 1.65. The molecule has 1 aromatic carbocycles. The van der Waals surface area contributed by atoms with E-state index < -0.39 is 5.91 Å². The van der Waals surface area contributed by atoms with Crippen LogP contribution in [0.4, 0.5) is 11.6 Å². The Hall–Kier alpha value is -3.64. The van der Waals surface area contributed by atoms with Gasteiger partial charge in [0.1, 0.15) is 5.75 Å². The minimum absolute atomic E-state index is 0.00806. The lowest BCUT2D eigenvalue weighted by atomic mass is 10.1. The van der Waals surface area contributed by atoms with Crippen LogP contribution < -0.4 is 37.9 Å². The number of unbranched alkanes of at least 4 members (excludes halogenated alkanes) is 2. The van der Waals surface area contributed by atoms with Crippen molar-refractivity contribution in [1.29, 1.82) is 0 Å². The zero-order chi connectivity index (χ0) is 26.3. The van der Waals surface area contributed by atoms with Gasteiger partial charge in [-0.1, -0.05) is 23.7 Å². The van der Waals surface area contributed by atoms with Gasteiger partial charge in [0.2, 0.25) is 0 Å². The molecule has 1 heterocycles. The number of benzene rings is 1. The first-order valence-corrected chi connectivity index (χ1v) is 12.0. The lowest BCUT2D eigenvalue weighted by Crippen LogP contribution is -2.38. The minimum Gasteiger partial charge on any atom is -0.484 e. The Kier molecular flexibility index (Phi) is 12.2. The first-order valence-electron chi connectivity index (χ1n) is 11.6. The predicted molar refractivity (Wildman–Crippen MR) is 141 cm³/mol. The van der Waals surface area contributed by atoms with Crippen LogP contribution in [0.25, 0.3) is 0 Å². The lowest BCUT2D eigenvalue weighted by Gasteiger charge is -2.08. The van der Waals surface area contributed by atoms with Gasteiger partial charge in [0.25, 0.3) is 11.8 Å². The molecule has 1 aromatic heterocycles. The molecule has 2 rings (SSSR count). The Bertz CT molecular complexity index is 1030. The van der Waals surface area contributed by atoms with E-state index in [0.717, 1.165) is 44.2 Å². The number of guanidine groups is 1. The molecule has 0 fully saturated rings. The van der Waals surface area contributed by atoms with Gasteiger partial charge in [-0.25, -0.2) is 9.97 Å². The van der Waals surface area contributed by atoms with Crippen molar-refractivity contribution in [2.75, 3.05) is 44.8 Å². The van der Waals surface area contributed by atoms with Gasteiger partial charge < -0.3 is 32.6 Å². The molecule has 36 heavy (non-hydrogen) atoms. The van der Waals surface area contributed by atoms with Crippen LogP contribution in [-0.4, -0.2) is 61.0 Å². The molecule has 2 amide bonds. The van der Waals surface area contributed by atoms with Gasteiger partial charge >= 0.3 is 0 Å². The van der Waals surface area contributed by atoms with E-state index in [1.54, 1.807) is 0 Å². The topological polar surface area (TPSA) is 196 Å². The van der Waals surface area contributed by atoms with Crippen LogP contribution >= 0.6 is 11.6 Å². The summed E-state index contributed by atoms with van der Waals surface area (Å²) in [7, 11) is 1.91. The summed E-state index contributed by atoms with van der Waals surface area (Å²) in [5.74, 6) is -0.440. The zero-order valence-electron chi connectivity index (χ0n) is 20.3. The van der Waals surface area contributed by atoms with E-state index in [-0.39, 0.29) is 41.0 Å². The average Bonchev–Trinajstić information content (AvgIpc) is 2.85. The number of aromatic nitrogens is 2. The van der Waals surface area contributed by atoms with Gasteiger partial charge in [-0.3, -0.25) is 19.9 Å². The van der Waals surface area contributed by atoms with Crippen molar-refractivity contribution >= 4 is 41.0 Å². The van der Waals surface area contributed by atoms with Crippen molar-refractivity contribution in [1.82, 2.24) is 25.9 Å². The van der Waals surface area contributed by atoms with Crippen molar-refractivity contribution in [2.45, 2.75) is 32.1 Å². The summed E-state index contributed by atoms with van der Waals surface area (Å²) >= 11 is 5.78. The molecule has 13 heteroatoms. The number of rotatable bonds is 14. The van der Waals surface area contributed by atoms with Crippen molar-refractivity contribution < 1.29 is 14.3 Å². The smallest absolute Gasteiger partial charge is 0.280 e. The number of anilines is 2. The summed E-state index contributed by atoms with van der Waals surface area (Å²) in [6.07, 6.45) is 4.41. The van der Waals surface area contributed by atoms with E-state index >= 15 is 0 Å². The van der Waals surface area contributed by atoms with Crippen molar-refractivity contribution in [3.8, 4) is 5.75 Å². The number of amides is 2. The molecular formula is C23H34ClN9O3. The molecule has 0 aliphatic rings. The van der Waals surface area contributed by atoms with Gasteiger partial charge in [-0.2, -0.15) is 0 Å². The SMILES string of the molecule is CNCCCCNC(=O)COc1ccc(CCCCN=C(N)NC(=O)c2nc(Cl)c(N)nc2N)cc1. The number of carbonyl (C=O) groups is 2. The maximum Gasteiger partial charge on any atom is 0.280 e. The summed E-state index contributed by atoms with van der Waals surface area (Å²) in [6, 6.07) is 7.62. The summed E-state index contributed by atoms with van der Waals surface area (Å²) in [5, 5.41) is 8.19. The predicted octanol–water partition coefficient (Wildman–Crippen LogP) is 0.856. The number of ether oxygens (including phenoxy) is 1. The van der Waals surface area contributed by atoms with Crippen LogP contribution in [0.1, 0.15) is 41.7 Å². The maximum absolute atomic E-state index is 12.2. The van der Waals surface area contributed by atoms with Crippen LogP contribution in [0.5, 0.6) is 5.75 Å². The van der Waals surface area contributed by atoms with Crippen molar-refractivity contribution in [3.63, 3.8) is 0 Å². The zero-order valence-corrected chi connectivity index (χ0v) is 21.1. The Morgan fingerprint density at radius 1 is 1.03 bits per heavy atom. The Labute approximate surface area is 215 Å². The maximum atomic E-state index is 12.2. The molecule has 9 N–H and O–H groups in total. The first-order chi connectivity index (χ1) is 17.3. The number of carbonyl (C=O) groups excluding carboxylic acids is 2. The molecule has 12 nitrogen and oxygen atoms in total. The van der Waals surface area contributed by atoms with Crippen LogP contribution in [0.3, 0.4) is 0 Å². The van der Waals surface area contributed by atoms with E-state index in [2.05, 4.69) is 30.9 Å². The fourth-order valence-corrected chi connectivity index (χ4v) is 3.20. The van der Waals surface area contributed by atoms with E-state index in [0.29, 0.717) is 18.8 Å². The molecule has 0 aliphatic heterocycles. The molecule has 0 radical (unpaired) electrons. The highest BCUT2D eigenvalue weighted by Gasteiger charge is 2.16. The number of nitrogens with one attached hydrogen (secondary N) is 3. The number of nitrogens with zero attached hydrogens (tertiary/aromatic N) is 3. The quantitative estimate of drug-likeness (QED) is 0.119. The normalized spacial score (nSPS) is 11.2. The largest absolute Gasteiger partial charge is 0.484 e. The van der Waals surface area contributed by atoms with Gasteiger partial charge in [0, 0.05) is 13.1 Å². The molecule has 0 unspecified atom stereocenters. The van der Waals surface area contributed by atoms with Crippen LogP contribution in [0.2, 0.25) is 5.15 Å². The lowest BCUT2D eigenvalue weighted by molar-refractivity contribution is -0.123. The number of aryl methyl sites for hydroxylation is 1. The van der Waals surface area contributed by atoms with Gasteiger partial charge in [0.05, 0.1) is 0 Å². The highest BCUT2D eigenvalue weighted by molar-refractivity contribution is 6.31. The number of nitrogen functional groups attached to an aromatic ring is 2. The molecule has 0 saturated carbocycles. The van der Waals surface area contributed by atoms with Crippen molar-refractivity contribution in [3.05, 3.63) is 40.7 Å². The Morgan fingerprint density at radius 2 is 1.75 bits per heavy atom. The number of aliphatic imine (C=N–C) groups is 1. The van der Waals surface area contributed by atoms with Gasteiger partial charge in [-0.15, -0.1) is 0 Å². The molecule has 0 saturated heterocycles. The summed E-state index contributed by atoms with van der Waals surface area (Å²) in [6.45, 7) is 2.00. The summed E-state index contributed by atoms with van der Waals surface area (Å²) in [4.78, 5) is 35.7. The van der Waals surface area contributed by atoms with Crippen LogP contribution in [0.15, 0.2) is 29.3 Å². The van der Waals surface area contributed by atoms with Gasteiger partial charge in [0.15, 0.2) is 35.0 Å². The second-order valence-corrected chi connectivity index (χ2v) is 8.26. The first kappa shape index (κ1) is 28.6. The standard InChI is InChI=1S/C23H34ClN9O3/c1-28-11-4-5-12-29-17(34)14-36-16-9-7-15(8-10-16)6-2-3-13-30-23(27)33-22(35)18-20(25)32-21(26)19(24)31-18/h7-10,28H,2-6,11-14H2,1H3,(H,29,34)(H4,25,26,32)(H3,27,30,33,35). The molecule has 0 spiro atoms. The van der Waals surface area contributed by atoms with E-state index in [1.165, 1.54) is 0 Å². The fourth-order valence-electron chi connectivity index (χ4n) is 3.07. The van der Waals surface area contributed by atoms with E-state index in [9.17, 15) is 9.59 Å². The molecule has 0 atom stereocenters. The van der Waals surface area contributed by atoms with Gasteiger partial charge in [-0.05, 0) is 63.4 Å². The third kappa shape index (κ3) is 10.3. The minimum atomic E-state index is -0.674.